The Morgan fingerprint density at radius 3 is 2.67 bits per heavy atom. The van der Waals surface area contributed by atoms with Gasteiger partial charge >= 0.3 is 0 Å². The summed E-state index contributed by atoms with van der Waals surface area (Å²) in [5.74, 6) is 0.0628. The van der Waals surface area contributed by atoms with E-state index in [0.29, 0.717) is 19.5 Å². The summed E-state index contributed by atoms with van der Waals surface area (Å²) in [5, 5.41) is 9.59. The van der Waals surface area contributed by atoms with E-state index >= 15 is 0 Å². The number of carbonyl (C=O) groups excluding carboxylic acids is 1. The summed E-state index contributed by atoms with van der Waals surface area (Å²) >= 11 is 3.21. The highest BCUT2D eigenvalue weighted by molar-refractivity contribution is 9.10. The first-order chi connectivity index (χ1) is 5.42. The fourth-order valence-electron chi connectivity index (χ4n) is 1.38. The number of rotatable bonds is 1. The number of amides is 1. The van der Waals surface area contributed by atoms with Gasteiger partial charge in [0.1, 0.15) is 0 Å². The Kier molecular flexibility index (Phi) is 2.78. The molecule has 1 heterocycles. The van der Waals surface area contributed by atoms with Crippen LogP contribution in [0.4, 0.5) is 0 Å². The minimum atomic E-state index is -0.683. The van der Waals surface area contributed by atoms with Gasteiger partial charge in [0.25, 0.3) is 0 Å². The van der Waals surface area contributed by atoms with Crippen LogP contribution >= 0.6 is 15.9 Å². The van der Waals surface area contributed by atoms with Crippen LogP contribution in [0, 0.1) is 0 Å². The van der Waals surface area contributed by atoms with Gasteiger partial charge < -0.3 is 10.0 Å². The van der Waals surface area contributed by atoms with Crippen LogP contribution in [-0.4, -0.2) is 39.4 Å². The smallest absolute Gasteiger partial charge is 0.236 e. The van der Waals surface area contributed by atoms with Crippen molar-refractivity contribution in [3.63, 3.8) is 0 Å². The summed E-state index contributed by atoms with van der Waals surface area (Å²) in [6, 6.07) is 0. The predicted octanol–water partition coefficient (Wildman–Crippen LogP) is 0.753. The molecule has 1 aliphatic rings. The lowest BCUT2D eigenvalue weighted by Gasteiger charge is -2.19. The van der Waals surface area contributed by atoms with E-state index in [0.717, 1.165) is 0 Å². The number of likely N-dealkylation sites (tertiary alicyclic amines) is 1. The molecule has 0 aromatic rings. The highest BCUT2D eigenvalue weighted by atomic mass is 79.9. The Balaban J connectivity index is 2.53. The number of β-amino-alcohol motifs (C(OH)–C–C–N with tert-alkyl or cyclic N) is 1. The number of hydrogen-bond acceptors (Lipinski definition) is 2. The van der Waals surface area contributed by atoms with E-state index < -0.39 is 5.60 Å². The lowest BCUT2D eigenvalue weighted by atomic mass is 10.1. The fraction of sp³-hybridized carbons (Fsp3) is 0.875. The van der Waals surface area contributed by atoms with E-state index in [-0.39, 0.29) is 10.7 Å². The number of aliphatic hydroxyl groups is 1. The van der Waals surface area contributed by atoms with E-state index in [9.17, 15) is 9.90 Å². The highest BCUT2D eigenvalue weighted by Crippen LogP contribution is 2.21. The molecular weight excluding hydrogens is 222 g/mol. The van der Waals surface area contributed by atoms with Crippen molar-refractivity contribution in [2.45, 2.75) is 30.7 Å². The Bertz CT molecular complexity index is 191. The van der Waals surface area contributed by atoms with Gasteiger partial charge in [0, 0.05) is 13.1 Å². The molecule has 3 nitrogen and oxygen atoms in total. The van der Waals surface area contributed by atoms with Crippen LogP contribution in [-0.2, 0) is 4.79 Å². The third-order valence-corrected chi connectivity index (χ3v) is 2.50. The maximum atomic E-state index is 11.4. The van der Waals surface area contributed by atoms with E-state index in [1.807, 2.05) is 0 Å². The SMILES string of the molecule is CC(Br)C(=O)N1CCC(C)(O)C1. The maximum absolute atomic E-state index is 11.4. The van der Waals surface area contributed by atoms with Gasteiger partial charge in [0.15, 0.2) is 0 Å². The number of halogens is 1. The minimum absolute atomic E-state index is 0.0628. The molecule has 1 fully saturated rings. The first kappa shape index (κ1) is 9.99. The van der Waals surface area contributed by atoms with Gasteiger partial charge in [-0.05, 0) is 20.3 Å². The molecule has 1 N–H and O–H groups in total. The Morgan fingerprint density at radius 1 is 1.75 bits per heavy atom. The number of hydrogen-bond donors (Lipinski definition) is 1. The second kappa shape index (κ2) is 3.34. The van der Waals surface area contributed by atoms with E-state index in [4.69, 9.17) is 0 Å². The van der Waals surface area contributed by atoms with Crippen LogP contribution in [0.3, 0.4) is 0 Å². The van der Waals surface area contributed by atoms with Crippen LogP contribution in [0.15, 0.2) is 0 Å². The van der Waals surface area contributed by atoms with Crippen molar-refractivity contribution in [1.29, 1.82) is 0 Å². The minimum Gasteiger partial charge on any atom is -0.388 e. The summed E-state index contributed by atoms with van der Waals surface area (Å²) in [6.45, 7) is 4.69. The van der Waals surface area contributed by atoms with Crippen LogP contribution in [0.5, 0.6) is 0 Å². The Morgan fingerprint density at radius 2 is 2.33 bits per heavy atom. The molecule has 1 aliphatic heterocycles. The van der Waals surface area contributed by atoms with E-state index in [1.54, 1.807) is 18.7 Å². The zero-order valence-corrected chi connectivity index (χ0v) is 8.97. The molecule has 1 rings (SSSR count). The Labute approximate surface area is 80.9 Å². The van der Waals surface area contributed by atoms with Crippen molar-refractivity contribution in [2.24, 2.45) is 0 Å². The van der Waals surface area contributed by atoms with Gasteiger partial charge in [-0.2, -0.15) is 0 Å². The lowest BCUT2D eigenvalue weighted by Crippen LogP contribution is -2.37. The normalized spacial score (nSPS) is 32.2. The number of alkyl halides is 1. The third kappa shape index (κ3) is 2.20. The standard InChI is InChI=1S/C8H14BrNO2/c1-6(9)7(11)10-4-3-8(2,12)5-10/h6,12H,3-5H2,1-2H3. The van der Waals surface area contributed by atoms with E-state index in [1.165, 1.54) is 0 Å². The van der Waals surface area contributed by atoms with Crippen molar-refractivity contribution in [3.8, 4) is 0 Å². The average Bonchev–Trinajstić information content (AvgIpc) is 2.28. The quantitative estimate of drug-likeness (QED) is 0.682. The molecule has 12 heavy (non-hydrogen) atoms. The molecule has 0 aromatic carbocycles. The van der Waals surface area contributed by atoms with Gasteiger partial charge in [-0.1, -0.05) is 15.9 Å². The zero-order valence-electron chi connectivity index (χ0n) is 7.38. The highest BCUT2D eigenvalue weighted by Gasteiger charge is 2.34. The zero-order chi connectivity index (χ0) is 9.35. The van der Waals surface area contributed by atoms with Crippen LogP contribution in [0.25, 0.3) is 0 Å². The first-order valence-corrected chi connectivity index (χ1v) is 4.99. The van der Waals surface area contributed by atoms with Crippen LogP contribution in [0.2, 0.25) is 0 Å². The summed E-state index contributed by atoms with van der Waals surface area (Å²) in [5.41, 5.74) is -0.683. The fourth-order valence-corrected chi connectivity index (χ4v) is 1.67. The molecule has 0 bridgehead atoms. The summed E-state index contributed by atoms with van der Waals surface area (Å²) in [4.78, 5) is 12.9. The van der Waals surface area contributed by atoms with Crippen molar-refractivity contribution in [2.75, 3.05) is 13.1 Å². The van der Waals surface area contributed by atoms with E-state index in [2.05, 4.69) is 15.9 Å². The average molecular weight is 236 g/mol. The molecule has 0 saturated carbocycles. The summed E-state index contributed by atoms with van der Waals surface area (Å²) < 4.78 is 0. The second-order valence-electron chi connectivity index (χ2n) is 3.62. The molecule has 2 unspecified atom stereocenters. The van der Waals surface area contributed by atoms with Crippen LogP contribution in [0.1, 0.15) is 20.3 Å². The van der Waals surface area contributed by atoms with Crippen molar-refractivity contribution in [1.82, 2.24) is 4.90 Å². The topological polar surface area (TPSA) is 40.5 Å². The molecule has 0 aliphatic carbocycles. The molecule has 2 atom stereocenters. The van der Waals surface area contributed by atoms with Crippen molar-refractivity contribution < 1.29 is 9.90 Å². The first-order valence-electron chi connectivity index (χ1n) is 4.08. The van der Waals surface area contributed by atoms with Gasteiger partial charge in [-0.15, -0.1) is 0 Å². The van der Waals surface area contributed by atoms with Gasteiger partial charge in [-0.25, -0.2) is 0 Å². The van der Waals surface area contributed by atoms with Gasteiger partial charge in [-0.3, -0.25) is 4.79 Å². The van der Waals surface area contributed by atoms with Crippen LogP contribution < -0.4 is 0 Å². The maximum Gasteiger partial charge on any atom is 0.236 e. The lowest BCUT2D eigenvalue weighted by molar-refractivity contribution is -0.130. The predicted molar refractivity (Wildman–Crippen MR) is 50.2 cm³/mol. The monoisotopic (exact) mass is 235 g/mol. The molecule has 4 heteroatoms. The summed E-state index contributed by atoms with van der Waals surface area (Å²) in [6.07, 6.45) is 0.679. The molecule has 0 spiro atoms. The molecule has 70 valence electrons. The Hall–Kier alpha value is -0.0900. The number of carbonyl (C=O) groups is 1. The molecule has 1 amide bonds. The van der Waals surface area contributed by atoms with Gasteiger partial charge in [0.2, 0.25) is 5.91 Å². The van der Waals surface area contributed by atoms with Gasteiger partial charge in [0.05, 0.1) is 10.4 Å². The molecule has 0 radical (unpaired) electrons. The molecule has 1 saturated heterocycles. The molecule has 0 aromatic heterocycles. The largest absolute Gasteiger partial charge is 0.388 e. The van der Waals surface area contributed by atoms with Crippen molar-refractivity contribution in [3.05, 3.63) is 0 Å². The van der Waals surface area contributed by atoms with Crippen molar-refractivity contribution >= 4 is 21.8 Å². The molecular formula is C8H14BrNO2. The third-order valence-electron chi connectivity index (χ3n) is 2.10. The number of nitrogens with zero attached hydrogens (tertiary/aromatic N) is 1. The second-order valence-corrected chi connectivity index (χ2v) is 5.00. The summed E-state index contributed by atoms with van der Waals surface area (Å²) in [7, 11) is 0.